The van der Waals surface area contributed by atoms with Gasteiger partial charge in [0.15, 0.2) is 5.13 Å². The number of hydrogen-bond donors (Lipinski definition) is 1. The van der Waals surface area contributed by atoms with Gasteiger partial charge in [-0.3, -0.25) is 10.1 Å². The molecule has 138 valence electrons. The van der Waals surface area contributed by atoms with Crippen molar-refractivity contribution in [1.29, 1.82) is 0 Å². The average molecular weight is 374 g/mol. The quantitative estimate of drug-likeness (QED) is 0.613. The van der Waals surface area contributed by atoms with Crippen LogP contribution in [0.4, 0.5) is 5.13 Å². The third-order valence-electron chi connectivity index (χ3n) is 3.69. The highest BCUT2D eigenvalue weighted by atomic mass is 32.1. The molecule has 6 nitrogen and oxygen atoms in total. The summed E-state index contributed by atoms with van der Waals surface area (Å²) in [6.45, 7) is 7.66. The molecule has 0 atom stereocenters. The average Bonchev–Trinajstić information content (AvgIpc) is 2.94. The fourth-order valence-corrected chi connectivity index (χ4v) is 3.32. The predicted octanol–water partition coefficient (Wildman–Crippen LogP) is 3.91. The standard InChI is InChI=1S/C19H22N2O4S/c1-6-25-18(23)17-13(4)20-19(26-17)21-16(22)8-7-15-11(2)9-14(24-5)10-12(15)3/h7-10H,6H2,1-5H3,(H,20,21,22)/b8-7+. The number of benzene rings is 1. The first-order valence-corrected chi connectivity index (χ1v) is 8.96. The molecule has 0 aliphatic rings. The van der Waals surface area contributed by atoms with Crippen molar-refractivity contribution >= 4 is 34.4 Å². The molecule has 0 saturated carbocycles. The van der Waals surface area contributed by atoms with Crippen molar-refractivity contribution in [3.8, 4) is 5.75 Å². The maximum absolute atomic E-state index is 12.2. The van der Waals surface area contributed by atoms with Crippen LogP contribution in [0.15, 0.2) is 18.2 Å². The molecular weight excluding hydrogens is 352 g/mol. The number of esters is 1. The number of aromatic nitrogens is 1. The topological polar surface area (TPSA) is 77.5 Å². The Hall–Kier alpha value is -2.67. The number of rotatable bonds is 6. The van der Waals surface area contributed by atoms with Gasteiger partial charge in [-0.2, -0.15) is 0 Å². The summed E-state index contributed by atoms with van der Waals surface area (Å²) in [4.78, 5) is 28.6. The van der Waals surface area contributed by atoms with Crippen molar-refractivity contribution in [2.24, 2.45) is 0 Å². The summed E-state index contributed by atoms with van der Waals surface area (Å²) in [6, 6.07) is 3.83. The van der Waals surface area contributed by atoms with E-state index >= 15 is 0 Å². The summed E-state index contributed by atoms with van der Waals surface area (Å²) in [6.07, 6.45) is 3.20. The Labute approximate surface area is 156 Å². The van der Waals surface area contributed by atoms with Crippen LogP contribution in [0.3, 0.4) is 0 Å². The van der Waals surface area contributed by atoms with Crippen LogP contribution in [-0.2, 0) is 9.53 Å². The molecule has 0 radical (unpaired) electrons. The molecule has 26 heavy (non-hydrogen) atoms. The molecule has 0 bridgehead atoms. The zero-order chi connectivity index (χ0) is 19.3. The zero-order valence-corrected chi connectivity index (χ0v) is 16.3. The second kappa shape index (κ2) is 8.62. The van der Waals surface area contributed by atoms with E-state index in [1.807, 2.05) is 26.0 Å². The summed E-state index contributed by atoms with van der Waals surface area (Å²) in [5.41, 5.74) is 3.53. The van der Waals surface area contributed by atoms with Gasteiger partial charge >= 0.3 is 5.97 Å². The third kappa shape index (κ3) is 4.70. The molecule has 1 N–H and O–H groups in total. The van der Waals surface area contributed by atoms with Crippen molar-refractivity contribution in [3.05, 3.63) is 45.5 Å². The van der Waals surface area contributed by atoms with Crippen LogP contribution in [0.1, 0.15) is 39.0 Å². The monoisotopic (exact) mass is 374 g/mol. The van der Waals surface area contributed by atoms with Crippen LogP contribution in [0.5, 0.6) is 5.75 Å². The Balaban J connectivity index is 2.11. The molecule has 2 aromatic rings. The zero-order valence-electron chi connectivity index (χ0n) is 15.5. The number of carbonyl (C=O) groups excluding carboxylic acids is 2. The molecule has 1 aromatic heterocycles. The van der Waals surface area contributed by atoms with Gasteiger partial charge in [0.1, 0.15) is 10.6 Å². The summed E-state index contributed by atoms with van der Waals surface area (Å²) in [5, 5.41) is 3.05. The van der Waals surface area contributed by atoms with Gasteiger partial charge in [0.2, 0.25) is 5.91 Å². The van der Waals surface area contributed by atoms with E-state index in [0.29, 0.717) is 22.3 Å². The molecule has 0 saturated heterocycles. The Morgan fingerprint density at radius 2 is 1.88 bits per heavy atom. The number of nitrogens with zero attached hydrogens (tertiary/aromatic N) is 1. The summed E-state index contributed by atoms with van der Waals surface area (Å²) >= 11 is 1.10. The lowest BCUT2D eigenvalue weighted by Gasteiger charge is -2.08. The fourth-order valence-electron chi connectivity index (χ4n) is 2.46. The van der Waals surface area contributed by atoms with Gasteiger partial charge in [-0.05, 0) is 62.6 Å². The predicted molar refractivity (Wildman–Crippen MR) is 103 cm³/mol. The Morgan fingerprint density at radius 1 is 1.23 bits per heavy atom. The minimum Gasteiger partial charge on any atom is -0.497 e. The van der Waals surface area contributed by atoms with Crippen LogP contribution < -0.4 is 10.1 Å². The molecule has 1 aromatic carbocycles. The summed E-state index contributed by atoms with van der Waals surface area (Å²) in [5.74, 6) is 0.0400. The first-order valence-electron chi connectivity index (χ1n) is 8.14. The number of ether oxygens (including phenoxy) is 2. The lowest BCUT2D eigenvalue weighted by atomic mass is 10.0. The van der Waals surface area contributed by atoms with Crippen molar-refractivity contribution in [2.45, 2.75) is 27.7 Å². The van der Waals surface area contributed by atoms with Gasteiger partial charge in [-0.15, -0.1) is 0 Å². The first kappa shape index (κ1) is 19.7. The van der Waals surface area contributed by atoms with E-state index in [1.165, 1.54) is 6.08 Å². The van der Waals surface area contributed by atoms with Gasteiger partial charge in [0, 0.05) is 6.08 Å². The smallest absolute Gasteiger partial charge is 0.350 e. The van der Waals surface area contributed by atoms with Crippen molar-refractivity contribution in [3.63, 3.8) is 0 Å². The Morgan fingerprint density at radius 3 is 2.46 bits per heavy atom. The first-order chi connectivity index (χ1) is 12.3. The molecule has 0 aliphatic carbocycles. The Kier molecular flexibility index (Phi) is 6.52. The molecule has 1 amide bonds. The van der Waals surface area contributed by atoms with Crippen LogP contribution in [0, 0.1) is 20.8 Å². The second-order valence-corrected chi connectivity index (χ2v) is 6.65. The van der Waals surface area contributed by atoms with E-state index in [0.717, 1.165) is 33.8 Å². The largest absolute Gasteiger partial charge is 0.497 e. The SMILES string of the molecule is CCOC(=O)c1sc(NC(=O)/C=C/c2c(C)cc(OC)cc2C)nc1C. The number of hydrogen-bond acceptors (Lipinski definition) is 6. The minimum absolute atomic E-state index is 0.293. The van der Waals surface area contributed by atoms with E-state index in [4.69, 9.17) is 9.47 Å². The molecule has 0 unspecified atom stereocenters. The number of anilines is 1. The van der Waals surface area contributed by atoms with E-state index < -0.39 is 5.97 Å². The van der Waals surface area contributed by atoms with Gasteiger partial charge in [-0.1, -0.05) is 11.3 Å². The molecule has 7 heteroatoms. The van der Waals surface area contributed by atoms with Crippen LogP contribution in [0.25, 0.3) is 6.08 Å². The molecule has 0 spiro atoms. The highest BCUT2D eigenvalue weighted by molar-refractivity contribution is 7.17. The fraction of sp³-hybridized carbons (Fsp3) is 0.316. The molecule has 1 heterocycles. The van der Waals surface area contributed by atoms with Gasteiger partial charge in [-0.25, -0.2) is 9.78 Å². The van der Waals surface area contributed by atoms with E-state index in [9.17, 15) is 9.59 Å². The lowest BCUT2D eigenvalue weighted by Crippen LogP contribution is -2.07. The maximum Gasteiger partial charge on any atom is 0.350 e. The van der Waals surface area contributed by atoms with Gasteiger partial charge in [0.25, 0.3) is 0 Å². The Bertz CT molecular complexity index is 832. The lowest BCUT2D eigenvalue weighted by molar-refractivity contribution is -0.111. The number of methoxy groups -OCH3 is 1. The van der Waals surface area contributed by atoms with Crippen molar-refractivity contribution < 1.29 is 19.1 Å². The van der Waals surface area contributed by atoms with Gasteiger partial charge in [0.05, 0.1) is 19.4 Å². The van der Waals surface area contributed by atoms with Crippen molar-refractivity contribution in [2.75, 3.05) is 19.0 Å². The van der Waals surface area contributed by atoms with Crippen LogP contribution in [0.2, 0.25) is 0 Å². The number of thiazole rings is 1. The molecule has 0 fully saturated rings. The number of carbonyl (C=O) groups is 2. The van der Waals surface area contributed by atoms with Crippen molar-refractivity contribution in [1.82, 2.24) is 4.98 Å². The molecular formula is C19H22N2O4S. The highest BCUT2D eigenvalue weighted by Gasteiger charge is 2.17. The van der Waals surface area contributed by atoms with E-state index in [-0.39, 0.29) is 5.91 Å². The summed E-state index contributed by atoms with van der Waals surface area (Å²) in [7, 11) is 1.62. The minimum atomic E-state index is -0.428. The maximum atomic E-state index is 12.2. The number of amides is 1. The van der Waals surface area contributed by atoms with E-state index in [1.54, 1.807) is 27.0 Å². The summed E-state index contributed by atoms with van der Waals surface area (Å²) < 4.78 is 10.2. The number of aryl methyl sites for hydroxylation is 3. The van der Waals surface area contributed by atoms with Crippen LogP contribution >= 0.6 is 11.3 Å². The molecule has 2 rings (SSSR count). The van der Waals surface area contributed by atoms with E-state index in [2.05, 4.69) is 10.3 Å². The normalized spacial score (nSPS) is 10.8. The third-order valence-corrected chi connectivity index (χ3v) is 4.74. The van der Waals surface area contributed by atoms with Gasteiger partial charge < -0.3 is 9.47 Å². The van der Waals surface area contributed by atoms with Crippen LogP contribution in [-0.4, -0.2) is 30.6 Å². The molecule has 0 aliphatic heterocycles. The number of nitrogens with one attached hydrogen (secondary N) is 1. The highest BCUT2D eigenvalue weighted by Crippen LogP contribution is 2.24. The second-order valence-electron chi connectivity index (χ2n) is 5.65.